The van der Waals surface area contributed by atoms with E-state index in [0.29, 0.717) is 6.54 Å². The van der Waals surface area contributed by atoms with Crippen LogP contribution in [0.3, 0.4) is 0 Å². The summed E-state index contributed by atoms with van der Waals surface area (Å²) in [6.45, 7) is 2.26. The van der Waals surface area contributed by atoms with Gasteiger partial charge in [-0.15, -0.1) is 0 Å². The highest BCUT2D eigenvalue weighted by atomic mass is 16.1. The number of hydrogen-bond donors (Lipinski definition) is 1. The molecule has 1 aromatic heterocycles. The Morgan fingerprint density at radius 1 is 0.905 bits per heavy atom. The average Bonchev–Trinajstić information content (AvgIpc) is 2.53. The lowest BCUT2D eigenvalue weighted by Crippen LogP contribution is -2.25. The molecule has 106 valence electrons. The molecule has 2 aromatic carbocycles. The summed E-state index contributed by atoms with van der Waals surface area (Å²) in [5.41, 5.74) is 1.33. The minimum absolute atomic E-state index is 0.0458. The zero-order valence-corrected chi connectivity index (χ0v) is 11.8. The maximum atomic E-state index is 11.6. The van der Waals surface area contributed by atoms with Gasteiger partial charge in [0.05, 0.1) is 0 Å². The van der Waals surface area contributed by atoms with E-state index in [1.165, 1.54) is 16.3 Å². The van der Waals surface area contributed by atoms with Gasteiger partial charge in [0.2, 0.25) is 0 Å². The molecule has 3 rings (SSSR count). The zero-order valence-electron chi connectivity index (χ0n) is 11.8. The fourth-order valence-corrected chi connectivity index (χ4v) is 2.51. The number of aromatic nitrogens is 1. The van der Waals surface area contributed by atoms with E-state index in [1.807, 2.05) is 12.3 Å². The molecule has 0 fully saturated rings. The van der Waals surface area contributed by atoms with E-state index in [2.05, 4.69) is 47.8 Å². The first kappa shape index (κ1) is 13.6. The van der Waals surface area contributed by atoms with Gasteiger partial charge >= 0.3 is 0 Å². The number of nitrogens with zero attached hydrogens (tertiary/aromatic N) is 1. The number of benzene rings is 2. The molecule has 0 aliphatic heterocycles. The van der Waals surface area contributed by atoms with Crippen LogP contribution in [0.5, 0.6) is 0 Å². The standard InChI is InChI=1S/C18H18N2O/c21-18-10-3-4-12-20(18)13-11-19-14-16-8-5-7-15-6-1-2-9-17(15)16/h1-10,12,19H,11,13-14H2. The number of pyridine rings is 1. The highest BCUT2D eigenvalue weighted by Gasteiger charge is 2.00. The fourth-order valence-electron chi connectivity index (χ4n) is 2.51. The Balaban J connectivity index is 1.63. The largest absolute Gasteiger partial charge is 0.314 e. The van der Waals surface area contributed by atoms with Crippen LogP contribution < -0.4 is 10.9 Å². The molecule has 3 aromatic rings. The van der Waals surface area contributed by atoms with Gasteiger partial charge in [-0.25, -0.2) is 0 Å². The summed E-state index contributed by atoms with van der Waals surface area (Å²) in [7, 11) is 0. The number of fused-ring (bicyclic) bond motifs is 1. The van der Waals surface area contributed by atoms with Crippen molar-refractivity contribution in [1.82, 2.24) is 9.88 Å². The lowest BCUT2D eigenvalue weighted by Gasteiger charge is -2.09. The van der Waals surface area contributed by atoms with Gasteiger partial charge in [-0.1, -0.05) is 48.5 Å². The van der Waals surface area contributed by atoms with Crippen molar-refractivity contribution in [3.05, 3.63) is 82.8 Å². The maximum absolute atomic E-state index is 11.6. The molecule has 0 aliphatic rings. The summed E-state index contributed by atoms with van der Waals surface area (Å²) in [5, 5.41) is 5.95. The molecule has 1 heterocycles. The molecule has 0 amide bonds. The molecule has 3 nitrogen and oxygen atoms in total. The second-order valence-electron chi connectivity index (χ2n) is 5.05. The van der Waals surface area contributed by atoms with E-state index < -0.39 is 0 Å². The number of rotatable bonds is 5. The zero-order chi connectivity index (χ0) is 14.5. The van der Waals surface area contributed by atoms with E-state index in [9.17, 15) is 4.79 Å². The Kier molecular flexibility index (Phi) is 4.12. The Hall–Kier alpha value is -2.39. The van der Waals surface area contributed by atoms with Gasteiger partial charge in [0.25, 0.3) is 5.56 Å². The van der Waals surface area contributed by atoms with E-state index in [1.54, 1.807) is 16.7 Å². The van der Waals surface area contributed by atoms with Crippen LogP contribution in [-0.2, 0) is 13.1 Å². The molecule has 0 saturated carbocycles. The van der Waals surface area contributed by atoms with Gasteiger partial charge in [-0.2, -0.15) is 0 Å². The van der Waals surface area contributed by atoms with Crippen molar-refractivity contribution < 1.29 is 0 Å². The van der Waals surface area contributed by atoms with Crippen LogP contribution in [0.15, 0.2) is 71.7 Å². The van der Waals surface area contributed by atoms with Gasteiger partial charge in [-0.3, -0.25) is 4.79 Å². The molecular formula is C18H18N2O. The van der Waals surface area contributed by atoms with Crippen molar-refractivity contribution >= 4 is 10.8 Å². The SMILES string of the molecule is O=c1ccccn1CCNCc1cccc2ccccc12. The molecule has 21 heavy (non-hydrogen) atoms. The summed E-state index contributed by atoms with van der Waals surface area (Å²) in [6, 6.07) is 20.0. The van der Waals surface area contributed by atoms with Gasteiger partial charge in [0.1, 0.15) is 0 Å². The van der Waals surface area contributed by atoms with Crippen molar-refractivity contribution in [2.45, 2.75) is 13.1 Å². The van der Waals surface area contributed by atoms with Crippen molar-refractivity contribution in [3.8, 4) is 0 Å². The van der Waals surface area contributed by atoms with Gasteiger partial charge in [0, 0.05) is 31.9 Å². The third-order valence-electron chi connectivity index (χ3n) is 3.62. The Labute approximate surface area is 123 Å². The molecule has 0 unspecified atom stereocenters. The molecule has 3 heteroatoms. The topological polar surface area (TPSA) is 34.0 Å². The lowest BCUT2D eigenvalue weighted by molar-refractivity contribution is 0.586. The third-order valence-corrected chi connectivity index (χ3v) is 3.62. The third kappa shape index (κ3) is 3.20. The highest BCUT2D eigenvalue weighted by Crippen LogP contribution is 2.17. The minimum Gasteiger partial charge on any atom is -0.314 e. The first-order valence-corrected chi connectivity index (χ1v) is 7.17. The minimum atomic E-state index is 0.0458. The van der Waals surface area contributed by atoms with Crippen molar-refractivity contribution in [2.24, 2.45) is 0 Å². The van der Waals surface area contributed by atoms with Crippen LogP contribution in [0.4, 0.5) is 0 Å². The second kappa shape index (κ2) is 6.37. The van der Waals surface area contributed by atoms with Gasteiger partial charge < -0.3 is 9.88 Å². The van der Waals surface area contributed by atoms with E-state index in [-0.39, 0.29) is 5.56 Å². The van der Waals surface area contributed by atoms with Crippen molar-refractivity contribution in [2.75, 3.05) is 6.54 Å². The van der Waals surface area contributed by atoms with Crippen LogP contribution in [0, 0.1) is 0 Å². The molecule has 0 spiro atoms. The molecule has 0 radical (unpaired) electrons. The fraction of sp³-hybridized carbons (Fsp3) is 0.167. The molecule has 0 bridgehead atoms. The summed E-state index contributed by atoms with van der Waals surface area (Å²) < 4.78 is 1.72. The van der Waals surface area contributed by atoms with E-state index in [0.717, 1.165) is 13.1 Å². The first-order chi connectivity index (χ1) is 10.3. The number of nitrogens with one attached hydrogen (secondary N) is 1. The van der Waals surface area contributed by atoms with Crippen LogP contribution in [0.1, 0.15) is 5.56 Å². The molecule has 0 saturated heterocycles. The summed E-state index contributed by atoms with van der Waals surface area (Å²) >= 11 is 0. The van der Waals surface area contributed by atoms with E-state index >= 15 is 0 Å². The Morgan fingerprint density at radius 2 is 1.71 bits per heavy atom. The van der Waals surface area contributed by atoms with Crippen LogP contribution in [-0.4, -0.2) is 11.1 Å². The summed E-state index contributed by atoms with van der Waals surface area (Å²) in [4.78, 5) is 11.6. The van der Waals surface area contributed by atoms with E-state index in [4.69, 9.17) is 0 Å². The Bertz CT molecular complexity index is 787. The van der Waals surface area contributed by atoms with Gasteiger partial charge in [-0.05, 0) is 22.4 Å². The quantitative estimate of drug-likeness (QED) is 0.728. The maximum Gasteiger partial charge on any atom is 0.250 e. The second-order valence-corrected chi connectivity index (χ2v) is 5.05. The molecule has 0 atom stereocenters. The highest BCUT2D eigenvalue weighted by molar-refractivity contribution is 5.85. The van der Waals surface area contributed by atoms with Crippen LogP contribution in [0.2, 0.25) is 0 Å². The molecule has 0 aliphatic carbocycles. The first-order valence-electron chi connectivity index (χ1n) is 7.17. The Morgan fingerprint density at radius 3 is 2.62 bits per heavy atom. The molecule has 1 N–H and O–H groups in total. The molecular weight excluding hydrogens is 260 g/mol. The monoisotopic (exact) mass is 278 g/mol. The average molecular weight is 278 g/mol. The summed E-state index contributed by atoms with van der Waals surface area (Å²) in [6.07, 6.45) is 1.82. The summed E-state index contributed by atoms with van der Waals surface area (Å²) in [5.74, 6) is 0. The number of hydrogen-bond acceptors (Lipinski definition) is 2. The van der Waals surface area contributed by atoms with Crippen molar-refractivity contribution in [1.29, 1.82) is 0 Å². The van der Waals surface area contributed by atoms with Crippen LogP contribution >= 0.6 is 0 Å². The van der Waals surface area contributed by atoms with Crippen LogP contribution in [0.25, 0.3) is 10.8 Å². The lowest BCUT2D eigenvalue weighted by atomic mass is 10.0. The normalized spacial score (nSPS) is 10.9. The van der Waals surface area contributed by atoms with Crippen molar-refractivity contribution in [3.63, 3.8) is 0 Å². The van der Waals surface area contributed by atoms with Gasteiger partial charge in [0.15, 0.2) is 0 Å². The predicted molar refractivity (Wildman–Crippen MR) is 86.4 cm³/mol. The predicted octanol–water partition coefficient (Wildman–Crippen LogP) is 2.79. The smallest absolute Gasteiger partial charge is 0.250 e.